The number of hydrogen-bond acceptors (Lipinski definition) is 4. The van der Waals surface area contributed by atoms with Crippen LogP contribution in [0.15, 0.2) is 41.3 Å². The van der Waals surface area contributed by atoms with Crippen LogP contribution >= 0.6 is 10.7 Å². The lowest BCUT2D eigenvalue weighted by molar-refractivity contribution is -0.140. The minimum absolute atomic E-state index is 0.0889. The predicted octanol–water partition coefficient (Wildman–Crippen LogP) is 2.87. The van der Waals surface area contributed by atoms with E-state index in [4.69, 9.17) is 15.4 Å². The summed E-state index contributed by atoms with van der Waals surface area (Å²) >= 11 is 0. The van der Waals surface area contributed by atoms with Crippen LogP contribution in [0, 0.1) is 0 Å². The van der Waals surface area contributed by atoms with Gasteiger partial charge in [0.2, 0.25) is 0 Å². The van der Waals surface area contributed by atoms with Crippen molar-refractivity contribution in [3.05, 3.63) is 42.0 Å². The minimum atomic E-state index is -3.79. The normalized spacial score (nSPS) is 11.5. The van der Waals surface area contributed by atoms with Gasteiger partial charge in [-0.25, -0.2) is 8.42 Å². The van der Waals surface area contributed by atoms with Crippen LogP contribution < -0.4 is 0 Å². The second kappa shape index (κ2) is 5.81. The molecule has 0 atom stereocenters. The van der Waals surface area contributed by atoms with Gasteiger partial charge >= 0.3 is 5.97 Å². The highest BCUT2D eigenvalue weighted by Gasteiger charge is 2.15. The highest BCUT2D eigenvalue weighted by molar-refractivity contribution is 8.14. The number of rotatable bonds is 4. The quantitative estimate of drug-likeness (QED) is 0.643. The van der Waals surface area contributed by atoms with Crippen molar-refractivity contribution in [2.45, 2.75) is 18.2 Å². The summed E-state index contributed by atoms with van der Waals surface area (Å²) in [5.41, 5.74) is 0.908. The first-order valence-corrected chi connectivity index (χ1v) is 8.29. The molecule has 0 aromatic heterocycles. The van der Waals surface area contributed by atoms with Gasteiger partial charge in [-0.05, 0) is 17.0 Å². The third kappa shape index (κ3) is 3.29. The molecule has 20 heavy (non-hydrogen) atoms. The van der Waals surface area contributed by atoms with Crippen molar-refractivity contribution in [1.82, 2.24) is 0 Å². The highest BCUT2D eigenvalue weighted by atomic mass is 35.7. The van der Waals surface area contributed by atoms with Crippen LogP contribution in [0.1, 0.15) is 12.5 Å². The summed E-state index contributed by atoms with van der Waals surface area (Å²) < 4.78 is 28.0. The van der Waals surface area contributed by atoms with Crippen LogP contribution in [0.25, 0.3) is 10.8 Å². The molecule has 2 rings (SSSR count). The van der Waals surface area contributed by atoms with Crippen molar-refractivity contribution in [1.29, 1.82) is 0 Å². The van der Waals surface area contributed by atoms with Crippen LogP contribution in [0.5, 0.6) is 0 Å². The predicted molar refractivity (Wildman–Crippen MR) is 77.3 cm³/mol. The second-order valence-corrected chi connectivity index (χ2v) is 6.83. The highest BCUT2D eigenvalue weighted by Crippen LogP contribution is 2.28. The molecule has 0 saturated carbocycles. The van der Waals surface area contributed by atoms with Crippen LogP contribution in [-0.2, 0) is 25.0 Å². The number of benzene rings is 2. The lowest BCUT2D eigenvalue weighted by Crippen LogP contribution is -2.04. The molecule has 0 N–H and O–H groups in total. The van der Waals surface area contributed by atoms with E-state index in [2.05, 4.69) is 0 Å². The third-order valence-corrected chi connectivity index (χ3v) is 4.29. The standard InChI is InChI=1S/C14H13ClO4S/c1-10(16)19-9-8-11-6-7-14(20(15,17)18)13-5-3-2-4-12(11)13/h2-7H,8-9H2,1H3. The van der Waals surface area contributed by atoms with Crippen molar-refractivity contribution in [2.24, 2.45) is 0 Å². The molecule has 0 aliphatic rings. The fourth-order valence-corrected chi connectivity index (χ4v) is 3.14. The molecule has 2 aromatic rings. The number of carbonyl (C=O) groups is 1. The largest absolute Gasteiger partial charge is 0.466 e. The molecule has 0 radical (unpaired) electrons. The Labute approximate surface area is 121 Å². The smallest absolute Gasteiger partial charge is 0.302 e. The molecular weight excluding hydrogens is 300 g/mol. The Morgan fingerprint density at radius 2 is 1.80 bits per heavy atom. The Bertz CT molecular complexity index is 753. The van der Waals surface area contributed by atoms with E-state index in [1.54, 1.807) is 18.2 Å². The van der Waals surface area contributed by atoms with E-state index in [1.807, 2.05) is 12.1 Å². The Hall–Kier alpha value is -1.59. The molecule has 0 unspecified atom stereocenters. The molecule has 0 heterocycles. The molecule has 0 aliphatic carbocycles. The first-order valence-electron chi connectivity index (χ1n) is 5.98. The zero-order valence-corrected chi connectivity index (χ0v) is 12.4. The molecule has 0 saturated heterocycles. The molecular formula is C14H13ClO4S. The van der Waals surface area contributed by atoms with Gasteiger partial charge in [0.15, 0.2) is 0 Å². The van der Waals surface area contributed by atoms with E-state index >= 15 is 0 Å². The van der Waals surface area contributed by atoms with Crippen LogP contribution in [0.3, 0.4) is 0 Å². The molecule has 0 bridgehead atoms. The first kappa shape index (κ1) is 14.8. The van der Waals surface area contributed by atoms with E-state index in [-0.39, 0.29) is 17.5 Å². The monoisotopic (exact) mass is 312 g/mol. The van der Waals surface area contributed by atoms with Gasteiger partial charge in [-0.2, -0.15) is 0 Å². The van der Waals surface area contributed by atoms with Crippen molar-refractivity contribution >= 4 is 36.5 Å². The van der Waals surface area contributed by atoms with Crippen molar-refractivity contribution in [3.8, 4) is 0 Å². The zero-order valence-electron chi connectivity index (χ0n) is 10.8. The van der Waals surface area contributed by atoms with Gasteiger partial charge in [0.1, 0.15) is 0 Å². The second-order valence-electron chi connectivity index (χ2n) is 4.30. The maximum Gasteiger partial charge on any atom is 0.302 e. The number of hydrogen-bond donors (Lipinski definition) is 0. The Balaban J connectivity index is 2.46. The number of esters is 1. The molecule has 106 valence electrons. The molecule has 6 heteroatoms. The Kier molecular flexibility index (Phi) is 4.30. The van der Waals surface area contributed by atoms with E-state index < -0.39 is 9.05 Å². The van der Waals surface area contributed by atoms with E-state index in [1.165, 1.54) is 13.0 Å². The van der Waals surface area contributed by atoms with Crippen LogP contribution in [-0.4, -0.2) is 21.0 Å². The summed E-state index contributed by atoms with van der Waals surface area (Å²) in [4.78, 5) is 10.9. The van der Waals surface area contributed by atoms with Crippen LogP contribution in [0.4, 0.5) is 0 Å². The molecule has 0 spiro atoms. The Morgan fingerprint density at radius 1 is 1.15 bits per heavy atom. The maximum absolute atomic E-state index is 11.6. The van der Waals surface area contributed by atoms with Crippen molar-refractivity contribution in [3.63, 3.8) is 0 Å². The maximum atomic E-state index is 11.6. The van der Waals surface area contributed by atoms with Gasteiger partial charge in [0, 0.05) is 29.4 Å². The van der Waals surface area contributed by atoms with Gasteiger partial charge < -0.3 is 4.74 Å². The number of halogens is 1. The Morgan fingerprint density at radius 3 is 2.40 bits per heavy atom. The summed E-state index contributed by atoms with van der Waals surface area (Å²) in [6, 6.07) is 10.3. The zero-order chi connectivity index (χ0) is 14.8. The van der Waals surface area contributed by atoms with Gasteiger partial charge in [0.05, 0.1) is 11.5 Å². The molecule has 0 aliphatic heterocycles. The SMILES string of the molecule is CC(=O)OCCc1ccc(S(=O)(=O)Cl)c2ccccc12. The van der Waals surface area contributed by atoms with Crippen molar-refractivity contribution in [2.75, 3.05) is 6.61 Å². The fraction of sp³-hybridized carbons (Fsp3) is 0.214. The number of carbonyl (C=O) groups excluding carboxylic acids is 1. The number of ether oxygens (including phenoxy) is 1. The van der Waals surface area contributed by atoms with E-state index in [0.717, 1.165) is 10.9 Å². The van der Waals surface area contributed by atoms with Gasteiger partial charge in [-0.15, -0.1) is 0 Å². The lowest BCUT2D eigenvalue weighted by atomic mass is 10.0. The topological polar surface area (TPSA) is 60.4 Å². The summed E-state index contributed by atoms with van der Waals surface area (Å²) in [5.74, 6) is -0.339. The molecule has 2 aromatic carbocycles. The molecule has 0 fully saturated rings. The summed E-state index contributed by atoms with van der Waals surface area (Å²) in [6.07, 6.45) is 0.517. The van der Waals surface area contributed by atoms with Crippen molar-refractivity contribution < 1.29 is 17.9 Å². The average Bonchev–Trinajstić information content (AvgIpc) is 2.37. The average molecular weight is 313 g/mol. The molecule has 4 nitrogen and oxygen atoms in total. The van der Waals surface area contributed by atoms with Crippen LogP contribution in [0.2, 0.25) is 0 Å². The van der Waals surface area contributed by atoms with Gasteiger partial charge in [-0.3, -0.25) is 4.79 Å². The number of fused-ring (bicyclic) bond motifs is 1. The van der Waals surface area contributed by atoms with E-state index in [0.29, 0.717) is 11.8 Å². The van der Waals surface area contributed by atoms with E-state index in [9.17, 15) is 13.2 Å². The summed E-state index contributed by atoms with van der Waals surface area (Å²) in [5, 5.41) is 1.37. The first-order chi connectivity index (χ1) is 9.39. The summed E-state index contributed by atoms with van der Waals surface area (Å²) in [7, 11) is 1.65. The molecule has 0 amide bonds. The fourth-order valence-electron chi connectivity index (χ4n) is 2.07. The van der Waals surface area contributed by atoms with Gasteiger partial charge in [0.25, 0.3) is 9.05 Å². The third-order valence-electron chi connectivity index (χ3n) is 2.91. The summed E-state index contributed by atoms with van der Waals surface area (Å²) in [6.45, 7) is 1.60. The van der Waals surface area contributed by atoms with Gasteiger partial charge in [-0.1, -0.05) is 30.3 Å². The minimum Gasteiger partial charge on any atom is -0.466 e. The lowest BCUT2D eigenvalue weighted by Gasteiger charge is -2.09.